The minimum atomic E-state index is -4.20. The van der Waals surface area contributed by atoms with E-state index >= 15 is 0 Å². The lowest BCUT2D eigenvalue weighted by Crippen LogP contribution is -2.43. The summed E-state index contributed by atoms with van der Waals surface area (Å²) in [5.74, 6) is -2.71. The Morgan fingerprint density at radius 1 is 1.05 bits per heavy atom. The highest BCUT2D eigenvalue weighted by Crippen LogP contribution is 2.26. The lowest BCUT2D eigenvalue weighted by molar-refractivity contribution is -0.262. The molecule has 0 aromatic heterocycles. The minimum absolute atomic E-state index is 0.0950. The number of rotatable bonds is 3. The zero-order valence-corrected chi connectivity index (χ0v) is 11.8. The number of nitrogens with one attached hydrogen (secondary N) is 1. The summed E-state index contributed by atoms with van der Waals surface area (Å²) >= 11 is 0. The van der Waals surface area contributed by atoms with E-state index in [1.807, 2.05) is 4.72 Å². The van der Waals surface area contributed by atoms with Crippen LogP contribution in [0.15, 0.2) is 35.2 Å². The minimum Gasteiger partial charge on any atom is -0.320 e. The maximum atomic E-state index is 13.8. The van der Waals surface area contributed by atoms with E-state index in [2.05, 4.69) is 5.73 Å². The van der Waals surface area contributed by atoms with Crippen molar-refractivity contribution in [2.75, 3.05) is 4.72 Å². The summed E-state index contributed by atoms with van der Waals surface area (Å²) in [5, 5.41) is 0. The Kier molecular flexibility index (Phi) is 3.93. The summed E-state index contributed by atoms with van der Waals surface area (Å²) in [4.78, 5) is -0.322. The molecule has 0 spiro atoms. The van der Waals surface area contributed by atoms with Gasteiger partial charge in [-0.25, -0.2) is 17.2 Å². The van der Waals surface area contributed by atoms with Crippen LogP contribution in [0.1, 0.15) is 5.56 Å². The molecule has 2 rings (SSSR count). The largest absolute Gasteiger partial charge is 0.320 e. The van der Waals surface area contributed by atoms with Crippen LogP contribution < -0.4 is 10.5 Å². The molecule has 0 saturated heterocycles. The third kappa shape index (κ3) is 2.86. The predicted molar refractivity (Wildman–Crippen MR) is 70.9 cm³/mol. The van der Waals surface area contributed by atoms with Crippen LogP contribution in [-0.4, -0.2) is 8.42 Å². The highest BCUT2D eigenvalue weighted by atomic mass is 32.2. The maximum Gasteiger partial charge on any atom is 0.262 e. The zero-order valence-electron chi connectivity index (χ0n) is 11.0. The van der Waals surface area contributed by atoms with Crippen molar-refractivity contribution in [2.24, 2.45) is 0 Å². The van der Waals surface area contributed by atoms with Crippen LogP contribution in [0, 0.1) is 24.4 Å². The van der Waals surface area contributed by atoms with Crippen molar-refractivity contribution in [1.29, 1.82) is 0 Å². The second-order valence-electron chi connectivity index (χ2n) is 4.36. The summed E-state index contributed by atoms with van der Waals surface area (Å²) in [6.07, 6.45) is 0. The molecule has 0 atom stereocenters. The molecule has 4 N–H and O–H groups in total. The fraction of sp³-hybridized carbons (Fsp3) is 0.0769. The van der Waals surface area contributed by atoms with Crippen molar-refractivity contribution < 1.29 is 27.3 Å². The van der Waals surface area contributed by atoms with Crippen molar-refractivity contribution in [2.45, 2.75) is 11.8 Å². The van der Waals surface area contributed by atoms with Crippen LogP contribution in [0.2, 0.25) is 0 Å². The molecule has 0 radical (unpaired) electrons. The molecule has 2 aromatic rings. The number of anilines is 1. The third-order valence-corrected chi connectivity index (χ3v) is 4.45. The van der Waals surface area contributed by atoms with Gasteiger partial charge < -0.3 is 5.73 Å². The molecule has 4 nitrogen and oxygen atoms in total. The van der Waals surface area contributed by atoms with Crippen molar-refractivity contribution >= 4 is 21.4 Å². The molecule has 0 unspecified atom stereocenters. The molecule has 8 heteroatoms. The Morgan fingerprint density at radius 2 is 1.71 bits per heavy atom. The topological polar surface area (TPSA) is 73.8 Å². The molecule has 0 bridgehead atoms. The number of sulfonamides is 1. The number of hydrogen-bond acceptors (Lipinski definition) is 2. The van der Waals surface area contributed by atoms with Crippen molar-refractivity contribution in [1.82, 2.24) is 0 Å². The van der Waals surface area contributed by atoms with E-state index in [4.69, 9.17) is 0 Å². The van der Waals surface area contributed by atoms with Crippen LogP contribution in [0.3, 0.4) is 0 Å². The van der Waals surface area contributed by atoms with Gasteiger partial charge in [0.05, 0.1) is 10.6 Å². The third-order valence-electron chi connectivity index (χ3n) is 2.94. The van der Waals surface area contributed by atoms with E-state index in [1.165, 1.54) is 19.1 Å². The van der Waals surface area contributed by atoms with Crippen molar-refractivity contribution in [3.63, 3.8) is 0 Å². The van der Waals surface area contributed by atoms with Gasteiger partial charge in [0.1, 0.15) is 5.82 Å². The van der Waals surface area contributed by atoms with Crippen LogP contribution in [0.5, 0.6) is 0 Å². The standard InChI is InChI=1S/C13H11F3N2O2S/c1-7-8(14)3-2-4-11(7)21(19,20)18-10-6-5-9(15)13(17)12(10)16/h2-6,18H,17H2,1H3/p+1. The van der Waals surface area contributed by atoms with Crippen LogP contribution in [-0.2, 0) is 10.0 Å². The Balaban J connectivity index is 2.48. The van der Waals surface area contributed by atoms with Gasteiger partial charge in [-0.15, -0.1) is 0 Å². The first-order valence-corrected chi connectivity index (χ1v) is 7.30. The van der Waals surface area contributed by atoms with Crippen molar-refractivity contribution in [3.8, 4) is 0 Å². The lowest BCUT2D eigenvalue weighted by Gasteiger charge is -2.11. The number of hydrogen-bond donors (Lipinski definition) is 2. The van der Waals surface area contributed by atoms with Crippen LogP contribution in [0.25, 0.3) is 0 Å². The van der Waals surface area contributed by atoms with Gasteiger partial charge in [-0.2, -0.15) is 4.39 Å². The number of benzene rings is 2. The highest BCUT2D eigenvalue weighted by Gasteiger charge is 2.22. The maximum absolute atomic E-state index is 13.8. The molecule has 0 aliphatic heterocycles. The number of quaternary nitrogens is 1. The van der Waals surface area contributed by atoms with Gasteiger partial charge in [0.2, 0.25) is 11.5 Å². The Morgan fingerprint density at radius 3 is 2.38 bits per heavy atom. The second kappa shape index (κ2) is 5.38. The molecule has 21 heavy (non-hydrogen) atoms. The van der Waals surface area contributed by atoms with Gasteiger partial charge in [0, 0.05) is 5.56 Å². The Bertz CT molecular complexity index is 807. The van der Waals surface area contributed by atoms with Gasteiger partial charge in [0.25, 0.3) is 10.0 Å². The average molecular weight is 317 g/mol. The first kappa shape index (κ1) is 15.3. The molecular formula is C13H12F3N2O2S+. The molecule has 0 heterocycles. The number of halogens is 3. The van der Waals surface area contributed by atoms with E-state index in [1.54, 1.807) is 0 Å². The summed E-state index contributed by atoms with van der Waals surface area (Å²) in [6, 6.07) is 5.35. The normalized spacial score (nSPS) is 11.5. The molecule has 0 amide bonds. The van der Waals surface area contributed by atoms with Gasteiger partial charge in [0.15, 0.2) is 5.82 Å². The first-order chi connectivity index (χ1) is 9.74. The molecule has 0 saturated carbocycles. The summed E-state index contributed by atoms with van der Waals surface area (Å²) in [7, 11) is -4.20. The highest BCUT2D eigenvalue weighted by molar-refractivity contribution is 7.92. The average Bonchev–Trinajstić information content (AvgIpc) is 2.42. The smallest absolute Gasteiger partial charge is 0.262 e. The fourth-order valence-corrected chi connectivity index (χ4v) is 3.07. The molecule has 0 aliphatic carbocycles. The predicted octanol–water partition coefficient (Wildman–Crippen LogP) is 2.09. The molecule has 112 valence electrons. The second-order valence-corrected chi connectivity index (χ2v) is 6.01. The summed E-state index contributed by atoms with van der Waals surface area (Å²) in [6.45, 7) is 1.29. The SMILES string of the molecule is Cc1c(F)cccc1S(=O)(=O)Nc1ccc(F)c([NH3+])c1F. The van der Waals surface area contributed by atoms with Gasteiger partial charge in [-0.3, -0.25) is 4.72 Å². The fourth-order valence-electron chi connectivity index (χ4n) is 1.76. The molecule has 0 fully saturated rings. The molecule has 2 aromatic carbocycles. The molecular weight excluding hydrogens is 305 g/mol. The van der Waals surface area contributed by atoms with Gasteiger partial charge in [-0.1, -0.05) is 6.07 Å². The lowest BCUT2D eigenvalue weighted by atomic mass is 10.2. The van der Waals surface area contributed by atoms with Gasteiger partial charge >= 0.3 is 0 Å². The Hall–Kier alpha value is -2.06. The Labute approximate surface area is 119 Å². The van der Waals surface area contributed by atoms with Crippen LogP contribution in [0.4, 0.5) is 24.5 Å². The summed E-state index contributed by atoms with van der Waals surface area (Å²) in [5.41, 5.74) is 2.07. The van der Waals surface area contributed by atoms with E-state index in [9.17, 15) is 21.6 Å². The molecule has 0 aliphatic rings. The quantitative estimate of drug-likeness (QED) is 0.909. The first-order valence-electron chi connectivity index (χ1n) is 5.82. The van der Waals surface area contributed by atoms with E-state index in [-0.39, 0.29) is 10.5 Å². The van der Waals surface area contributed by atoms with E-state index in [0.29, 0.717) is 0 Å². The van der Waals surface area contributed by atoms with E-state index < -0.39 is 38.8 Å². The van der Waals surface area contributed by atoms with E-state index in [0.717, 1.165) is 18.2 Å². The van der Waals surface area contributed by atoms with Gasteiger partial charge in [-0.05, 0) is 31.2 Å². The van der Waals surface area contributed by atoms with Crippen LogP contribution >= 0.6 is 0 Å². The zero-order chi connectivity index (χ0) is 15.8. The van der Waals surface area contributed by atoms with Crippen molar-refractivity contribution in [3.05, 3.63) is 53.3 Å². The summed E-state index contributed by atoms with van der Waals surface area (Å²) < 4.78 is 66.6. The monoisotopic (exact) mass is 317 g/mol.